The third kappa shape index (κ3) is 1.79. The molecule has 4 nitrogen and oxygen atoms in total. The summed E-state index contributed by atoms with van der Waals surface area (Å²) in [6.45, 7) is 0. The Bertz CT molecular complexity index is 607. The quantitative estimate of drug-likeness (QED) is 0.479. The van der Waals surface area contributed by atoms with Crippen molar-refractivity contribution in [3.05, 3.63) is 32.8 Å². The van der Waals surface area contributed by atoms with Crippen LogP contribution in [0.2, 0.25) is 10.0 Å². The van der Waals surface area contributed by atoms with Crippen molar-refractivity contribution in [3.8, 4) is 11.4 Å². The van der Waals surface area contributed by atoms with Gasteiger partial charge in [0.1, 0.15) is 5.82 Å². The van der Waals surface area contributed by atoms with Crippen LogP contribution in [-0.2, 0) is 0 Å². The lowest BCUT2D eigenvalue weighted by molar-refractivity contribution is 0.628. The Kier molecular flexibility index (Phi) is 2.88. The molecular formula is C8H5Cl2FN4S. The molecule has 0 aliphatic carbocycles. The van der Waals surface area contributed by atoms with Crippen LogP contribution in [0.4, 0.5) is 4.39 Å². The average molecular weight is 279 g/mol. The standard InChI is InChI=1S/C8H5Cl2FN4S/c9-4-2-5(10)6(11)1-3(4)7-13-14-8(16)15(7)12/h1-2H,12H2,(H,14,16). The molecule has 3 N–H and O–H groups in total. The number of nitrogens with one attached hydrogen (secondary N) is 1. The van der Waals surface area contributed by atoms with Crippen molar-refractivity contribution < 1.29 is 4.39 Å². The molecule has 0 fully saturated rings. The molecule has 0 spiro atoms. The Labute approximate surface area is 105 Å². The van der Waals surface area contributed by atoms with Crippen molar-refractivity contribution in [2.75, 3.05) is 5.84 Å². The molecule has 0 bridgehead atoms. The van der Waals surface area contributed by atoms with Crippen LogP contribution in [-0.4, -0.2) is 14.9 Å². The van der Waals surface area contributed by atoms with Crippen molar-refractivity contribution in [1.29, 1.82) is 0 Å². The third-order valence-electron chi connectivity index (χ3n) is 1.96. The van der Waals surface area contributed by atoms with Gasteiger partial charge in [0, 0.05) is 5.56 Å². The molecule has 16 heavy (non-hydrogen) atoms. The molecule has 84 valence electrons. The number of nitrogens with zero attached hydrogens (tertiary/aromatic N) is 2. The predicted molar refractivity (Wildman–Crippen MR) is 63.0 cm³/mol. The molecule has 2 rings (SSSR count). The van der Waals surface area contributed by atoms with Crippen LogP contribution in [0.3, 0.4) is 0 Å². The minimum atomic E-state index is -0.602. The van der Waals surface area contributed by atoms with Crippen molar-refractivity contribution in [2.45, 2.75) is 0 Å². The fourth-order valence-corrected chi connectivity index (χ4v) is 1.79. The van der Waals surface area contributed by atoms with E-state index < -0.39 is 5.82 Å². The van der Waals surface area contributed by atoms with Crippen LogP contribution < -0.4 is 5.84 Å². The first kappa shape index (κ1) is 11.4. The van der Waals surface area contributed by atoms with Gasteiger partial charge in [0.15, 0.2) is 5.82 Å². The first-order valence-corrected chi connectivity index (χ1v) is 5.24. The summed E-state index contributed by atoms with van der Waals surface area (Å²) in [6.07, 6.45) is 0. The fourth-order valence-electron chi connectivity index (χ4n) is 1.19. The number of rotatable bonds is 1. The van der Waals surface area contributed by atoms with Crippen LogP contribution in [0.15, 0.2) is 12.1 Å². The molecule has 0 amide bonds. The van der Waals surface area contributed by atoms with Crippen molar-refractivity contribution in [2.24, 2.45) is 0 Å². The number of nitrogen functional groups attached to an aromatic ring is 1. The Morgan fingerprint density at radius 1 is 1.38 bits per heavy atom. The number of halogens is 3. The number of benzene rings is 1. The molecule has 0 saturated carbocycles. The minimum Gasteiger partial charge on any atom is -0.335 e. The molecule has 0 unspecified atom stereocenters. The second kappa shape index (κ2) is 4.04. The van der Waals surface area contributed by atoms with Crippen LogP contribution in [0.5, 0.6) is 0 Å². The van der Waals surface area contributed by atoms with Gasteiger partial charge in [0.2, 0.25) is 4.77 Å². The maximum Gasteiger partial charge on any atom is 0.214 e. The number of hydrogen-bond acceptors (Lipinski definition) is 3. The summed E-state index contributed by atoms with van der Waals surface area (Å²) < 4.78 is 14.6. The van der Waals surface area contributed by atoms with Gasteiger partial charge < -0.3 is 5.84 Å². The molecule has 0 aliphatic heterocycles. The molecular weight excluding hydrogens is 274 g/mol. The zero-order valence-corrected chi connectivity index (χ0v) is 10.00. The van der Waals surface area contributed by atoms with Crippen LogP contribution >= 0.6 is 35.4 Å². The van der Waals surface area contributed by atoms with Gasteiger partial charge in [-0.2, -0.15) is 5.10 Å². The zero-order valence-electron chi connectivity index (χ0n) is 7.67. The second-order valence-corrected chi connectivity index (χ2v) is 4.17. The molecule has 8 heteroatoms. The molecule has 1 heterocycles. The highest BCUT2D eigenvalue weighted by Crippen LogP contribution is 2.30. The third-order valence-corrected chi connectivity index (χ3v) is 2.85. The summed E-state index contributed by atoms with van der Waals surface area (Å²) >= 11 is 16.3. The number of aromatic nitrogens is 3. The van der Waals surface area contributed by atoms with Gasteiger partial charge in [-0.05, 0) is 24.4 Å². The minimum absolute atomic E-state index is 0.0635. The maximum absolute atomic E-state index is 13.3. The highest BCUT2D eigenvalue weighted by molar-refractivity contribution is 7.71. The van der Waals surface area contributed by atoms with Gasteiger partial charge >= 0.3 is 0 Å². The molecule has 0 aliphatic rings. The smallest absolute Gasteiger partial charge is 0.214 e. The van der Waals surface area contributed by atoms with E-state index in [-0.39, 0.29) is 20.6 Å². The molecule has 1 aromatic heterocycles. The highest BCUT2D eigenvalue weighted by Gasteiger charge is 2.13. The molecule has 2 aromatic rings. The van der Waals surface area contributed by atoms with E-state index in [0.717, 1.165) is 10.7 Å². The lowest BCUT2D eigenvalue weighted by atomic mass is 10.2. The van der Waals surface area contributed by atoms with Crippen molar-refractivity contribution >= 4 is 35.4 Å². The van der Waals surface area contributed by atoms with E-state index in [1.165, 1.54) is 6.07 Å². The molecule has 0 atom stereocenters. The largest absolute Gasteiger partial charge is 0.335 e. The molecule has 0 radical (unpaired) electrons. The fraction of sp³-hybridized carbons (Fsp3) is 0. The van der Waals surface area contributed by atoms with E-state index in [0.29, 0.717) is 5.56 Å². The molecule has 0 saturated heterocycles. The first-order chi connectivity index (χ1) is 7.50. The van der Waals surface area contributed by atoms with E-state index in [4.69, 9.17) is 41.3 Å². The second-order valence-electron chi connectivity index (χ2n) is 2.97. The Morgan fingerprint density at radius 3 is 2.62 bits per heavy atom. The van der Waals surface area contributed by atoms with E-state index in [1.807, 2.05) is 0 Å². The monoisotopic (exact) mass is 278 g/mol. The van der Waals surface area contributed by atoms with Gasteiger partial charge in [-0.3, -0.25) is 0 Å². The Hall–Kier alpha value is -1.11. The number of aromatic amines is 1. The first-order valence-electron chi connectivity index (χ1n) is 4.08. The lowest BCUT2D eigenvalue weighted by Crippen LogP contribution is -2.10. The van der Waals surface area contributed by atoms with Gasteiger partial charge in [-0.25, -0.2) is 14.2 Å². The Morgan fingerprint density at radius 2 is 2.06 bits per heavy atom. The average Bonchev–Trinajstić information content (AvgIpc) is 2.54. The van der Waals surface area contributed by atoms with Gasteiger partial charge in [0.25, 0.3) is 0 Å². The van der Waals surface area contributed by atoms with Gasteiger partial charge in [-0.15, -0.1) is 0 Å². The summed E-state index contributed by atoms with van der Waals surface area (Å²) in [6, 6.07) is 2.43. The summed E-state index contributed by atoms with van der Waals surface area (Å²) in [5.41, 5.74) is 0.318. The van der Waals surface area contributed by atoms with E-state index in [2.05, 4.69) is 10.2 Å². The maximum atomic E-state index is 13.3. The SMILES string of the molecule is Nn1c(-c2cc(F)c(Cl)cc2Cl)n[nH]c1=S. The van der Waals surface area contributed by atoms with Crippen LogP contribution in [0, 0.1) is 10.6 Å². The number of hydrogen-bond donors (Lipinski definition) is 2. The highest BCUT2D eigenvalue weighted by atomic mass is 35.5. The summed E-state index contributed by atoms with van der Waals surface area (Å²) in [5, 5.41) is 6.50. The van der Waals surface area contributed by atoms with Gasteiger partial charge in [0.05, 0.1) is 10.0 Å². The normalized spacial score (nSPS) is 10.7. The summed E-state index contributed by atoms with van der Waals surface area (Å²) in [5.74, 6) is 5.24. The van der Waals surface area contributed by atoms with Crippen LogP contribution in [0.25, 0.3) is 11.4 Å². The number of nitrogens with two attached hydrogens (primary N) is 1. The van der Waals surface area contributed by atoms with E-state index in [9.17, 15) is 4.39 Å². The predicted octanol–water partition coefficient (Wildman–Crippen LogP) is 2.77. The van der Waals surface area contributed by atoms with Crippen LogP contribution in [0.1, 0.15) is 0 Å². The van der Waals surface area contributed by atoms with E-state index in [1.54, 1.807) is 0 Å². The molecule has 1 aromatic carbocycles. The van der Waals surface area contributed by atoms with E-state index >= 15 is 0 Å². The zero-order chi connectivity index (χ0) is 11.9. The van der Waals surface area contributed by atoms with Crippen molar-refractivity contribution in [1.82, 2.24) is 14.9 Å². The number of H-pyrrole nitrogens is 1. The lowest BCUT2D eigenvalue weighted by Gasteiger charge is -2.04. The van der Waals surface area contributed by atoms with Crippen molar-refractivity contribution in [3.63, 3.8) is 0 Å². The topological polar surface area (TPSA) is 59.6 Å². The van der Waals surface area contributed by atoms with Gasteiger partial charge in [-0.1, -0.05) is 23.2 Å². The Balaban J connectivity index is 2.69. The summed E-state index contributed by atoms with van der Waals surface area (Å²) in [4.78, 5) is 0. The summed E-state index contributed by atoms with van der Waals surface area (Å²) in [7, 11) is 0.